The first-order chi connectivity index (χ1) is 13.1. The van der Waals surface area contributed by atoms with Crippen LogP contribution in [0.1, 0.15) is 33.6 Å². The lowest BCUT2D eigenvalue weighted by Crippen LogP contribution is -2.56. The Hall–Kier alpha value is -0.140. The third-order valence-corrected chi connectivity index (χ3v) is 12.7. The van der Waals surface area contributed by atoms with E-state index in [4.69, 9.17) is 9.29 Å². The molecule has 0 aromatic carbocycles. The minimum Gasteiger partial charge on any atom is -0.454 e. The van der Waals surface area contributed by atoms with Crippen molar-refractivity contribution in [1.29, 1.82) is 0 Å². The zero-order valence-electron chi connectivity index (χ0n) is 16.4. The molecule has 7 nitrogen and oxygen atoms in total. The molecule has 168 valence electrons. The first kappa shape index (κ1) is 23.5. The van der Waals surface area contributed by atoms with E-state index in [1.54, 1.807) is 0 Å². The molecule has 12 heteroatoms. The number of thioether (sulfide) groups is 2. The third-order valence-electron chi connectivity index (χ3n) is 7.47. The highest BCUT2D eigenvalue weighted by molar-refractivity contribution is 8.19. The van der Waals surface area contributed by atoms with E-state index >= 15 is 0 Å². The van der Waals surface area contributed by atoms with Crippen LogP contribution in [0.3, 0.4) is 0 Å². The fraction of sp³-hybridized carbons (Fsp3) is 0.941. The molecular formula is C17H26F2O7S3. The number of alkyl halides is 2. The van der Waals surface area contributed by atoms with Gasteiger partial charge in [-0.2, -0.15) is 17.2 Å². The summed E-state index contributed by atoms with van der Waals surface area (Å²) in [6.45, 7) is 5.51. The molecule has 3 unspecified atom stereocenters. The van der Waals surface area contributed by atoms with E-state index in [9.17, 15) is 32.2 Å². The van der Waals surface area contributed by atoms with Crippen molar-refractivity contribution in [2.75, 3.05) is 24.7 Å². The molecule has 1 saturated heterocycles. The maximum atomic E-state index is 13.9. The van der Waals surface area contributed by atoms with Crippen LogP contribution in [0.15, 0.2) is 0 Å². The van der Waals surface area contributed by atoms with Crippen molar-refractivity contribution >= 4 is 39.6 Å². The lowest BCUT2D eigenvalue weighted by molar-refractivity contribution is -0.170. The summed E-state index contributed by atoms with van der Waals surface area (Å²) < 4.78 is 62.9. The maximum Gasteiger partial charge on any atom is 0.465 e. The Morgan fingerprint density at radius 3 is 2.14 bits per heavy atom. The molecule has 2 saturated carbocycles. The van der Waals surface area contributed by atoms with Gasteiger partial charge in [0.2, 0.25) is 0 Å². The summed E-state index contributed by atoms with van der Waals surface area (Å²) in [7, 11) is -5.96. The lowest BCUT2D eigenvalue weighted by atomic mass is 9.70. The molecule has 1 spiro atoms. The van der Waals surface area contributed by atoms with Crippen LogP contribution in [0, 0.1) is 22.2 Å². The number of esters is 1. The molecule has 3 rings (SSSR count). The number of carbonyl (C=O) groups excluding carboxylic acids is 1. The van der Waals surface area contributed by atoms with E-state index in [1.807, 2.05) is 20.8 Å². The van der Waals surface area contributed by atoms with Gasteiger partial charge >= 0.3 is 21.3 Å². The average Bonchev–Trinajstić information content (AvgIpc) is 2.95. The van der Waals surface area contributed by atoms with Crippen molar-refractivity contribution in [3.05, 3.63) is 0 Å². The number of hydrogen-bond donors (Lipinski definition) is 3. The number of halogens is 2. The predicted molar refractivity (Wildman–Crippen MR) is 105 cm³/mol. The van der Waals surface area contributed by atoms with Crippen molar-refractivity contribution in [2.24, 2.45) is 22.2 Å². The van der Waals surface area contributed by atoms with Crippen LogP contribution in [0.25, 0.3) is 0 Å². The molecule has 2 aliphatic carbocycles. The number of aliphatic hydroxyl groups excluding tert-OH is 2. The topological polar surface area (TPSA) is 121 Å². The van der Waals surface area contributed by atoms with E-state index in [2.05, 4.69) is 0 Å². The monoisotopic (exact) mass is 476 g/mol. The summed E-state index contributed by atoms with van der Waals surface area (Å²) in [5, 5.41) is 14.4. The van der Waals surface area contributed by atoms with Gasteiger partial charge in [-0.15, -0.1) is 23.5 Å². The summed E-state index contributed by atoms with van der Waals surface area (Å²) in [5.74, 6) is -1.87. The molecule has 1 heterocycles. The summed E-state index contributed by atoms with van der Waals surface area (Å²) >= 11 is 2.74. The summed E-state index contributed by atoms with van der Waals surface area (Å²) in [5.41, 5.74) is -1.55. The second-order valence-electron chi connectivity index (χ2n) is 9.08. The molecule has 0 aromatic rings. The SMILES string of the molecule is CC1(C)C2CCC1(C)C1(SCC(CO)(CO)CS1)C2OC(=O)C(F)(F)S(=O)(=O)O. The zero-order chi connectivity index (χ0) is 22.1. The van der Waals surface area contributed by atoms with Crippen molar-refractivity contribution in [2.45, 2.75) is 49.1 Å². The Balaban J connectivity index is 1.99. The minimum atomic E-state index is -5.96. The highest BCUT2D eigenvalue weighted by Gasteiger charge is 2.77. The van der Waals surface area contributed by atoms with Gasteiger partial charge in [0.15, 0.2) is 0 Å². The van der Waals surface area contributed by atoms with Gasteiger partial charge in [0.25, 0.3) is 0 Å². The number of fused-ring (bicyclic) bond motifs is 3. The smallest absolute Gasteiger partial charge is 0.454 e. The molecule has 3 fully saturated rings. The molecule has 2 bridgehead atoms. The number of rotatable bonds is 5. The molecule has 3 aliphatic rings. The quantitative estimate of drug-likeness (QED) is 0.404. The largest absolute Gasteiger partial charge is 0.465 e. The van der Waals surface area contributed by atoms with Crippen LogP contribution in [0.4, 0.5) is 8.78 Å². The van der Waals surface area contributed by atoms with Gasteiger partial charge in [-0.1, -0.05) is 20.8 Å². The molecule has 0 aromatic heterocycles. The Morgan fingerprint density at radius 2 is 1.69 bits per heavy atom. The van der Waals surface area contributed by atoms with Gasteiger partial charge in [0.1, 0.15) is 10.2 Å². The molecule has 3 atom stereocenters. The van der Waals surface area contributed by atoms with Gasteiger partial charge in [0.05, 0.1) is 13.2 Å². The normalized spacial score (nSPS) is 35.0. The van der Waals surface area contributed by atoms with Crippen molar-refractivity contribution in [3.8, 4) is 0 Å². The van der Waals surface area contributed by atoms with E-state index < -0.39 is 42.4 Å². The highest BCUT2D eigenvalue weighted by atomic mass is 32.2. The maximum absolute atomic E-state index is 13.9. The van der Waals surface area contributed by atoms with Gasteiger partial charge < -0.3 is 14.9 Å². The predicted octanol–water partition coefficient (Wildman–Crippen LogP) is 1.98. The zero-order valence-corrected chi connectivity index (χ0v) is 18.8. The molecule has 29 heavy (non-hydrogen) atoms. The number of ether oxygens (including phenoxy) is 1. The molecule has 0 amide bonds. The van der Waals surface area contributed by atoms with Crippen LogP contribution in [-0.2, 0) is 19.6 Å². The van der Waals surface area contributed by atoms with Crippen LogP contribution in [0.2, 0.25) is 0 Å². The Bertz CT molecular complexity index is 787. The second kappa shape index (κ2) is 6.93. The molecule has 1 aliphatic heterocycles. The van der Waals surface area contributed by atoms with Gasteiger partial charge in [-0.25, -0.2) is 4.79 Å². The van der Waals surface area contributed by atoms with Crippen molar-refractivity contribution in [3.63, 3.8) is 0 Å². The average molecular weight is 477 g/mol. The van der Waals surface area contributed by atoms with E-state index in [-0.39, 0.29) is 24.5 Å². The van der Waals surface area contributed by atoms with Crippen molar-refractivity contribution < 1.29 is 41.5 Å². The third kappa shape index (κ3) is 3.00. The van der Waals surface area contributed by atoms with E-state index in [0.29, 0.717) is 17.9 Å². The van der Waals surface area contributed by atoms with Gasteiger partial charge in [0, 0.05) is 28.3 Å². The summed E-state index contributed by atoms with van der Waals surface area (Å²) in [4.78, 5) is 12.1. The molecule has 3 N–H and O–H groups in total. The fourth-order valence-electron chi connectivity index (χ4n) is 5.04. The number of carbonyl (C=O) groups is 1. The van der Waals surface area contributed by atoms with Crippen LogP contribution >= 0.6 is 23.5 Å². The fourth-order valence-corrected chi connectivity index (χ4v) is 9.84. The second-order valence-corrected chi connectivity index (χ2v) is 13.2. The Morgan fingerprint density at radius 1 is 1.17 bits per heavy atom. The number of hydrogen-bond acceptors (Lipinski definition) is 8. The van der Waals surface area contributed by atoms with E-state index in [1.165, 1.54) is 23.5 Å². The Kier molecular flexibility index (Phi) is 5.62. The molecule has 0 radical (unpaired) electrons. The Labute approximate surface area is 177 Å². The summed E-state index contributed by atoms with van der Waals surface area (Å²) in [6, 6.07) is 0. The number of aliphatic hydroxyl groups is 2. The van der Waals surface area contributed by atoms with Crippen LogP contribution < -0.4 is 0 Å². The van der Waals surface area contributed by atoms with Crippen molar-refractivity contribution in [1.82, 2.24) is 0 Å². The first-order valence-corrected chi connectivity index (χ1v) is 12.6. The van der Waals surface area contributed by atoms with Gasteiger partial charge in [-0.05, 0) is 18.3 Å². The first-order valence-electron chi connectivity index (χ1n) is 9.20. The molecular weight excluding hydrogens is 450 g/mol. The standard InChI is InChI=1S/C17H26F2O7S3/c1-13(2)10-4-5-14(13,3)16(27-8-15(6-20,7-21)9-28-16)11(10)26-12(22)17(18,19)29(23,24)25/h10-11,20-21H,4-9H2,1-3H3,(H,23,24,25). The van der Waals surface area contributed by atoms with Gasteiger partial charge in [-0.3, -0.25) is 4.55 Å². The highest BCUT2D eigenvalue weighted by Crippen LogP contribution is 2.78. The summed E-state index contributed by atoms with van der Waals surface area (Å²) in [6.07, 6.45) is 0.410. The van der Waals surface area contributed by atoms with Crippen LogP contribution in [-0.4, -0.2) is 69.3 Å². The van der Waals surface area contributed by atoms with E-state index in [0.717, 1.165) is 6.42 Å². The van der Waals surface area contributed by atoms with Crippen LogP contribution in [0.5, 0.6) is 0 Å². The minimum absolute atomic E-state index is 0.242. The lowest BCUT2D eigenvalue weighted by Gasteiger charge is -2.54.